The fourth-order valence-electron chi connectivity index (χ4n) is 4.35. The fraction of sp³-hybridized carbons (Fsp3) is 0.444. The quantitative estimate of drug-likeness (QED) is 0.355. The molecule has 3 aromatic rings. The molecule has 0 aliphatic carbocycles. The molecule has 2 atom stereocenters. The molecule has 4 rings (SSSR count). The topological polar surface area (TPSA) is 104 Å². The Morgan fingerprint density at radius 3 is 2.55 bits per heavy atom. The van der Waals surface area contributed by atoms with Gasteiger partial charge in [-0.25, -0.2) is 14.2 Å². The molecule has 2 heterocycles. The molecule has 2 aromatic carbocycles. The normalized spacial score (nSPS) is 16.2. The molecule has 9 nitrogen and oxygen atoms in total. The maximum absolute atomic E-state index is 13.3. The van der Waals surface area contributed by atoms with Crippen molar-refractivity contribution in [3.05, 3.63) is 58.9 Å². The van der Waals surface area contributed by atoms with Crippen molar-refractivity contribution in [2.24, 2.45) is 0 Å². The van der Waals surface area contributed by atoms with Crippen molar-refractivity contribution in [1.29, 1.82) is 0 Å². The van der Waals surface area contributed by atoms with E-state index in [0.29, 0.717) is 44.0 Å². The van der Waals surface area contributed by atoms with E-state index >= 15 is 0 Å². The number of hydrogen-bond acceptors (Lipinski definition) is 9. The third kappa shape index (κ3) is 7.70. The van der Waals surface area contributed by atoms with Gasteiger partial charge in [-0.15, -0.1) is 11.3 Å². The number of ether oxygens (including phenoxy) is 2. The number of carbonyl (C=O) groups excluding carboxylic acids is 2. The van der Waals surface area contributed by atoms with Gasteiger partial charge in [-0.2, -0.15) is 0 Å². The first-order valence-corrected chi connectivity index (χ1v) is 13.5. The Hall–Kier alpha value is -3.12. The SMILES string of the molecule is CCOC(=O)[C@@H](NC(=O)CN1CCN(C[C@H](O)COc2ccc3sc(C)nc3c2)CC1)c1ccc(F)cc1. The van der Waals surface area contributed by atoms with Crippen molar-refractivity contribution in [2.45, 2.75) is 26.0 Å². The van der Waals surface area contributed by atoms with Gasteiger partial charge in [0.2, 0.25) is 5.91 Å². The highest BCUT2D eigenvalue weighted by Crippen LogP contribution is 2.25. The second kappa shape index (κ2) is 13.1. The summed E-state index contributed by atoms with van der Waals surface area (Å²) in [5.41, 5.74) is 1.35. The summed E-state index contributed by atoms with van der Waals surface area (Å²) < 4.78 is 25.3. The Balaban J connectivity index is 1.20. The molecule has 1 fully saturated rings. The lowest BCUT2D eigenvalue weighted by atomic mass is 10.1. The molecule has 0 saturated carbocycles. The zero-order valence-corrected chi connectivity index (χ0v) is 22.4. The number of nitrogens with one attached hydrogen (secondary N) is 1. The van der Waals surface area contributed by atoms with Crippen molar-refractivity contribution < 1.29 is 28.6 Å². The fourth-order valence-corrected chi connectivity index (χ4v) is 5.16. The molecule has 0 radical (unpaired) electrons. The number of piperazine rings is 1. The highest BCUT2D eigenvalue weighted by Gasteiger charge is 2.26. The maximum Gasteiger partial charge on any atom is 0.333 e. The van der Waals surface area contributed by atoms with Crippen molar-refractivity contribution in [3.63, 3.8) is 0 Å². The largest absolute Gasteiger partial charge is 0.491 e. The molecule has 204 valence electrons. The van der Waals surface area contributed by atoms with Crippen LogP contribution >= 0.6 is 11.3 Å². The van der Waals surface area contributed by atoms with Crippen LogP contribution in [0.25, 0.3) is 10.2 Å². The van der Waals surface area contributed by atoms with Gasteiger partial charge in [-0.05, 0) is 43.7 Å². The third-order valence-corrected chi connectivity index (χ3v) is 7.19. The number of aryl methyl sites for hydroxylation is 1. The van der Waals surface area contributed by atoms with Crippen LogP contribution in [0.1, 0.15) is 23.5 Å². The van der Waals surface area contributed by atoms with Crippen molar-refractivity contribution in [1.82, 2.24) is 20.1 Å². The molecule has 11 heteroatoms. The minimum atomic E-state index is -1.00. The minimum Gasteiger partial charge on any atom is -0.491 e. The van der Waals surface area contributed by atoms with Gasteiger partial charge in [0.25, 0.3) is 0 Å². The first-order chi connectivity index (χ1) is 18.3. The Bertz CT molecular complexity index is 1230. The highest BCUT2D eigenvalue weighted by molar-refractivity contribution is 7.18. The number of aliphatic hydroxyl groups excluding tert-OH is 1. The lowest BCUT2D eigenvalue weighted by Crippen LogP contribution is -2.51. The zero-order chi connectivity index (χ0) is 27.1. The molecule has 1 aliphatic heterocycles. The molecular formula is C27H33FN4O5S. The molecule has 0 spiro atoms. The number of rotatable bonds is 11. The summed E-state index contributed by atoms with van der Waals surface area (Å²) in [6, 6.07) is 10.2. The van der Waals surface area contributed by atoms with E-state index in [-0.39, 0.29) is 25.7 Å². The number of nitrogens with zero attached hydrogens (tertiary/aromatic N) is 3. The van der Waals surface area contributed by atoms with E-state index in [2.05, 4.69) is 15.2 Å². The summed E-state index contributed by atoms with van der Waals surface area (Å²) >= 11 is 1.63. The number of aliphatic hydroxyl groups is 1. The molecule has 1 amide bonds. The van der Waals surface area contributed by atoms with Crippen LogP contribution < -0.4 is 10.1 Å². The highest BCUT2D eigenvalue weighted by atomic mass is 32.1. The molecule has 1 aliphatic rings. The van der Waals surface area contributed by atoms with Crippen molar-refractivity contribution in [2.75, 3.05) is 52.5 Å². The van der Waals surface area contributed by atoms with Gasteiger partial charge >= 0.3 is 5.97 Å². The van der Waals surface area contributed by atoms with Gasteiger partial charge < -0.3 is 19.9 Å². The van der Waals surface area contributed by atoms with Crippen LogP contribution in [-0.4, -0.2) is 90.4 Å². The average molecular weight is 545 g/mol. The molecular weight excluding hydrogens is 511 g/mol. The average Bonchev–Trinajstić information content (AvgIpc) is 3.27. The van der Waals surface area contributed by atoms with E-state index in [4.69, 9.17) is 9.47 Å². The standard InChI is InChI=1S/C27H33FN4O5S/c1-3-36-27(35)26(19-4-6-20(28)7-5-19)30-25(34)16-32-12-10-31(11-13-32)15-21(33)17-37-22-8-9-24-23(14-22)29-18(2)38-24/h4-9,14,21,26,33H,3,10-13,15-17H2,1-2H3,(H,30,34)/t21-,26-/m0/s1. The Labute approximate surface area is 225 Å². The summed E-state index contributed by atoms with van der Waals surface area (Å²) in [7, 11) is 0. The van der Waals surface area contributed by atoms with Crippen molar-refractivity contribution in [3.8, 4) is 5.75 Å². The number of esters is 1. The summed E-state index contributed by atoms with van der Waals surface area (Å²) in [5.74, 6) is -0.652. The molecule has 0 bridgehead atoms. The Morgan fingerprint density at radius 2 is 1.84 bits per heavy atom. The lowest BCUT2D eigenvalue weighted by molar-refractivity contribution is -0.147. The number of carbonyl (C=O) groups is 2. The van der Waals surface area contributed by atoms with Crippen LogP contribution in [-0.2, 0) is 14.3 Å². The number of thiazole rings is 1. The third-order valence-electron chi connectivity index (χ3n) is 6.24. The van der Waals surface area contributed by atoms with Crippen LogP contribution in [0.4, 0.5) is 4.39 Å². The predicted octanol–water partition coefficient (Wildman–Crippen LogP) is 2.52. The number of halogens is 1. The van der Waals surface area contributed by atoms with E-state index in [1.54, 1.807) is 18.3 Å². The molecule has 2 N–H and O–H groups in total. The molecule has 1 aromatic heterocycles. The van der Waals surface area contributed by atoms with Gasteiger partial charge in [0.05, 0.1) is 28.4 Å². The summed E-state index contributed by atoms with van der Waals surface area (Å²) in [6.45, 7) is 7.25. The summed E-state index contributed by atoms with van der Waals surface area (Å²) in [4.78, 5) is 33.7. The van der Waals surface area contributed by atoms with E-state index in [0.717, 1.165) is 15.2 Å². The zero-order valence-electron chi connectivity index (χ0n) is 21.6. The second-order valence-electron chi connectivity index (χ2n) is 9.21. The van der Waals surface area contributed by atoms with Crippen LogP contribution in [0.2, 0.25) is 0 Å². The second-order valence-corrected chi connectivity index (χ2v) is 10.4. The van der Waals surface area contributed by atoms with Gasteiger partial charge in [-0.1, -0.05) is 12.1 Å². The molecule has 0 unspecified atom stereocenters. The monoisotopic (exact) mass is 544 g/mol. The van der Waals surface area contributed by atoms with E-state index in [1.165, 1.54) is 24.3 Å². The number of benzene rings is 2. The smallest absolute Gasteiger partial charge is 0.333 e. The molecule has 1 saturated heterocycles. The predicted molar refractivity (Wildman–Crippen MR) is 143 cm³/mol. The van der Waals surface area contributed by atoms with Crippen LogP contribution in [0.15, 0.2) is 42.5 Å². The first-order valence-electron chi connectivity index (χ1n) is 12.6. The van der Waals surface area contributed by atoms with E-state index in [1.807, 2.05) is 30.0 Å². The number of amides is 1. The summed E-state index contributed by atoms with van der Waals surface area (Å²) in [5, 5.41) is 14.2. The number of aromatic nitrogens is 1. The van der Waals surface area contributed by atoms with Gasteiger partial charge in [0.1, 0.15) is 24.3 Å². The van der Waals surface area contributed by atoms with Crippen LogP contribution in [0.3, 0.4) is 0 Å². The van der Waals surface area contributed by atoms with Crippen molar-refractivity contribution >= 4 is 33.4 Å². The molecule has 38 heavy (non-hydrogen) atoms. The van der Waals surface area contributed by atoms with Gasteiger partial charge in [0, 0.05) is 38.8 Å². The van der Waals surface area contributed by atoms with Crippen LogP contribution in [0.5, 0.6) is 5.75 Å². The van der Waals surface area contributed by atoms with Gasteiger partial charge in [0.15, 0.2) is 6.04 Å². The lowest BCUT2D eigenvalue weighted by Gasteiger charge is -2.35. The summed E-state index contributed by atoms with van der Waals surface area (Å²) in [6.07, 6.45) is -0.654. The minimum absolute atomic E-state index is 0.120. The number of hydrogen-bond donors (Lipinski definition) is 2. The number of fused-ring (bicyclic) bond motifs is 1. The number of β-amino-alcohol motifs (C(OH)–C–C–N with tert-alkyl or cyclic N) is 1. The van der Waals surface area contributed by atoms with E-state index < -0.39 is 23.9 Å². The van der Waals surface area contributed by atoms with Gasteiger partial charge in [-0.3, -0.25) is 14.6 Å². The first kappa shape index (κ1) is 27.9. The van der Waals surface area contributed by atoms with Crippen LogP contribution in [0, 0.1) is 12.7 Å². The van der Waals surface area contributed by atoms with E-state index in [9.17, 15) is 19.1 Å². The maximum atomic E-state index is 13.3. The Kier molecular flexibility index (Phi) is 9.62. The Morgan fingerprint density at radius 1 is 1.13 bits per heavy atom.